The molecule has 3 rings (SSSR count). The summed E-state index contributed by atoms with van der Waals surface area (Å²) in [6.07, 6.45) is -2.07. The van der Waals surface area contributed by atoms with Crippen LogP contribution in [0.4, 0.5) is 17.6 Å². The summed E-state index contributed by atoms with van der Waals surface area (Å²) in [4.78, 5) is 15.8. The summed E-state index contributed by atoms with van der Waals surface area (Å²) in [6.45, 7) is -0.492. The summed E-state index contributed by atoms with van der Waals surface area (Å²) in [6, 6.07) is 7.08. The van der Waals surface area contributed by atoms with Crippen molar-refractivity contribution >= 4 is 5.91 Å². The molecule has 2 aromatic heterocycles. The van der Waals surface area contributed by atoms with Crippen LogP contribution in [0.25, 0.3) is 5.69 Å². The lowest BCUT2D eigenvalue weighted by Gasteiger charge is -2.29. The van der Waals surface area contributed by atoms with Gasteiger partial charge in [0.2, 0.25) is 5.60 Å². The second-order valence-corrected chi connectivity index (χ2v) is 6.32. The van der Waals surface area contributed by atoms with Gasteiger partial charge in [0.15, 0.2) is 5.69 Å². The standard InChI is InChI=1S/C18H17F4N5O2/c1-26-11-9-24-16(26)17(29,18(20,21)22)7-8-23-15(28)13-6-10-27(25-13)14-5-3-2-4-12(14)19/h2-6,9-11,29H,7-8H2,1H3,(H,23,28). The first-order chi connectivity index (χ1) is 13.6. The lowest BCUT2D eigenvalue weighted by molar-refractivity contribution is -0.272. The zero-order valence-electron chi connectivity index (χ0n) is 15.2. The van der Waals surface area contributed by atoms with E-state index in [-0.39, 0.29) is 11.4 Å². The van der Waals surface area contributed by atoms with Crippen LogP contribution in [0.5, 0.6) is 0 Å². The number of carbonyl (C=O) groups is 1. The van der Waals surface area contributed by atoms with Crippen LogP contribution in [0.2, 0.25) is 0 Å². The highest BCUT2D eigenvalue weighted by atomic mass is 19.4. The third-order valence-corrected chi connectivity index (χ3v) is 4.35. The highest BCUT2D eigenvalue weighted by molar-refractivity contribution is 5.92. The maximum absolute atomic E-state index is 13.8. The van der Waals surface area contributed by atoms with Gasteiger partial charge in [-0.1, -0.05) is 12.1 Å². The molecule has 11 heteroatoms. The Bertz CT molecular complexity index is 1010. The fourth-order valence-electron chi connectivity index (χ4n) is 2.81. The van der Waals surface area contributed by atoms with Gasteiger partial charge in [0, 0.05) is 38.6 Å². The molecule has 1 amide bonds. The Balaban J connectivity index is 1.69. The number of para-hydroxylation sites is 1. The summed E-state index contributed by atoms with van der Waals surface area (Å²) in [5.41, 5.74) is -3.22. The Hall–Kier alpha value is -3.21. The molecule has 1 unspecified atom stereocenters. The van der Waals surface area contributed by atoms with Gasteiger partial charge in [-0.15, -0.1) is 0 Å². The van der Waals surface area contributed by atoms with Crippen molar-refractivity contribution in [3.05, 3.63) is 66.3 Å². The minimum absolute atomic E-state index is 0.110. The lowest BCUT2D eigenvalue weighted by Crippen LogP contribution is -2.46. The second kappa shape index (κ2) is 7.66. The van der Waals surface area contributed by atoms with Crippen molar-refractivity contribution in [2.75, 3.05) is 6.54 Å². The van der Waals surface area contributed by atoms with E-state index >= 15 is 0 Å². The molecule has 2 heterocycles. The summed E-state index contributed by atoms with van der Waals surface area (Å²) < 4.78 is 56.4. The van der Waals surface area contributed by atoms with Crippen LogP contribution in [0.3, 0.4) is 0 Å². The smallest absolute Gasteiger partial charge is 0.374 e. The Labute approximate surface area is 162 Å². The van der Waals surface area contributed by atoms with Crippen molar-refractivity contribution in [3.63, 3.8) is 0 Å². The van der Waals surface area contributed by atoms with Gasteiger partial charge >= 0.3 is 6.18 Å². The first kappa shape index (κ1) is 20.5. The molecular formula is C18H17F4N5O2. The fourth-order valence-corrected chi connectivity index (χ4v) is 2.81. The molecule has 3 aromatic rings. The zero-order chi connectivity index (χ0) is 21.2. The molecule has 0 saturated carbocycles. The molecule has 29 heavy (non-hydrogen) atoms. The number of benzene rings is 1. The van der Waals surface area contributed by atoms with Crippen molar-refractivity contribution in [1.82, 2.24) is 24.6 Å². The third kappa shape index (κ3) is 3.99. The number of rotatable bonds is 6. The van der Waals surface area contributed by atoms with Gasteiger partial charge in [0.05, 0.1) is 0 Å². The van der Waals surface area contributed by atoms with Gasteiger partial charge in [-0.25, -0.2) is 14.1 Å². The molecule has 0 aliphatic carbocycles. The van der Waals surface area contributed by atoms with Crippen molar-refractivity contribution in [2.24, 2.45) is 7.05 Å². The van der Waals surface area contributed by atoms with Crippen molar-refractivity contribution in [1.29, 1.82) is 0 Å². The number of nitrogens with one attached hydrogen (secondary N) is 1. The topological polar surface area (TPSA) is 85.0 Å². The summed E-state index contributed by atoms with van der Waals surface area (Å²) >= 11 is 0. The zero-order valence-corrected chi connectivity index (χ0v) is 15.2. The van der Waals surface area contributed by atoms with E-state index in [1.165, 1.54) is 43.7 Å². The lowest BCUT2D eigenvalue weighted by atomic mass is 9.97. The SMILES string of the molecule is Cn1ccnc1C(O)(CCNC(=O)c1ccn(-c2ccccc2F)n1)C(F)(F)F. The molecule has 0 radical (unpaired) electrons. The molecule has 2 N–H and O–H groups in total. The predicted octanol–water partition coefficient (Wildman–Crippen LogP) is 2.31. The average molecular weight is 411 g/mol. The summed E-state index contributed by atoms with van der Waals surface area (Å²) in [7, 11) is 1.33. The number of amides is 1. The van der Waals surface area contributed by atoms with Crippen LogP contribution in [0.1, 0.15) is 22.7 Å². The van der Waals surface area contributed by atoms with E-state index in [4.69, 9.17) is 0 Å². The van der Waals surface area contributed by atoms with E-state index in [9.17, 15) is 27.5 Å². The van der Waals surface area contributed by atoms with Crippen molar-refractivity contribution < 1.29 is 27.5 Å². The second-order valence-electron chi connectivity index (χ2n) is 6.32. The number of aromatic nitrogens is 4. The van der Waals surface area contributed by atoms with Gasteiger partial charge < -0.3 is 15.0 Å². The molecule has 0 aliphatic rings. The van der Waals surface area contributed by atoms with Crippen LogP contribution in [-0.4, -0.2) is 43.1 Å². The molecule has 0 spiro atoms. The number of nitrogens with zero attached hydrogens (tertiary/aromatic N) is 4. The van der Waals surface area contributed by atoms with Gasteiger partial charge in [-0.2, -0.15) is 18.3 Å². The quantitative estimate of drug-likeness (QED) is 0.610. The number of imidazole rings is 1. The number of halogens is 4. The van der Waals surface area contributed by atoms with Gasteiger partial charge in [0.1, 0.15) is 17.3 Å². The molecule has 0 aliphatic heterocycles. The minimum atomic E-state index is -5.00. The summed E-state index contributed by atoms with van der Waals surface area (Å²) in [5, 5.41) is 16.4. The van der Waals surface area contributed by atoms with Gasteiger partial charge in [-0.3, -0.25) is 4.79 Å². The normalized spacial score (nSPS) is 13.9. The van der Waals surface area contributed by atoms with Crippen LogP contribution in [0, 0.1) is 5.82 Å². The van der Waals surface area contributed by atoms with Crippen molar-refractivity contribution in [3.8, 4) is 5.69 Å². The number of alkyl halides is 3. The first-order valence-electron chi connectivity index (χ1n) is 8.49. The number of hydrogen-bond acceptors (Lipinski definition) is 4. The third-order valence-electron chi connectivity index (χ3n) is 4.35. The Morgan fingerprint density at radius 1 is 1.21 bits per heavy atom. The molecule has 0 bridgehead atoms. The minimum Gasteiger partial charge on any atom is -0.374 e. The molecular weight excluding hydrogens is 394 g/mol. The van der Waals surface area contributed by atoms with E-state index in [0.29, 0.717) is 0 Å². The number of hydrogen-bond donors (Lipinski definition) is 2. The molecule has 1 aromatic carbocycles. The van der Waals surface area contributed by atoms with E-state index in [0.717, 1.165) is 15.4 Å². The highest BCUT2D eigenvalue weighted by Gasteiger charge is 2.57. The first-order valence-corrected chi connectivity index (χ1v) is 8.49. The molecule has 1 atom stereocenters. The molecule has 154 valence electrons. The largest absolute Gasteiger partial charge is 0.424 e. The maximum atomic E-state index is 13.8. The number of carbonyl (C=O) groups excluding carboxylic acids is 1. The predicted molar refractivity (Wildman–Crippen MR) is 93.6 cm³/mol. The van der Waals surface area contributed by atoms with Gasteiger partial charge in [-0.05, 0) is 18.2 Å². The number of aryl methyl sites for hydroxylation is 1. The van der Waals surface area contributed by atoms with Gasteiger partial charge in [0.25, 0.3) is 5.91 Å². The van der Waals surface area contributed by atoms with Crippen molar-refractivity contribution in [2.45, 2.75) is 18.2 Å². The van der Waals surface area contributed by atoms with E-state index in [1.54, 1.807) is 6.07 Å². The molecule has 0 fully saturated rings. The van der Waals surface area contributed by atoms with Crippen LogP contribution in [0.15, 0.2) is 48.9 Å². The van der Waals surface area contributed by atoms with E-state index in [1.807, 2.05) is 0 Å². The highest BCUT2D eigenvalue weighted by Crippen LogP contribution is 2.40. The summed E-state index contributed by atoms with van der Waals surface area (Å²) in [5.74, 6) is -1.89. The van der Waals surface area contributed by atoms with Crippen LogP contribution < -0.4 is 5.32 Å². The monoisotopic (exact) mass is 411 g/mol. The van der Waals surface area contributed by atoms with E-state index < -0.39 is 42.3 Å². The van der Waals surface area contributed by atoms with Crippen LogP contribution in [-0.2, 0) is 12.6 Å². The molecule has 0 saturated heterocycles. The Kier molecular flexibility index (Phi) is 5.42. The fraction of sp³-hybridized carbons (Fsp3) is 0.278. The maximum Gasteiger partial charge on any atom is 0.424 e. The van der Waals surface area contributed by atoms with Crippen LogP contribution >= 0.6 is 0 Å². The Morgan fingerprint density at radius 2 is 1.93 bits per heavy atom. The molecule has 7 nitrogen and oxygen atoms in total. The Morgan fingerprint density at radius 3 is 2.55 bits per heavy atom. The van der Waals surface area contributed by atoms with E-state index in [2.05, 4.69) is 15.4 Å². The number of aliphatic hydroxyl groups is 1. The average Bonchev–Trinajstić information content (AvgIpc) is 3.30.